The van der Waals surface area contributed by atoms with Gasteiger partial charge in [0.2, 0.25) is 5.78 Å². The summed E-state index contributed by atoms with van der Waals surface area (Å²) in [5.74, 6) is -1.09. The lowest BCUT2D eigenvalue weighted by atomic mass is 9.85. The highest BCUT2D eigenvalue weighted by Crippen LogP contribution is 2.40. The van der Waals surface area contributed by atoms with Gasteiger partial charge in [-0.15, -0.1) is 0 Å². The number of ketones is 1. The fourth-order valence-electron chi connectivity index (χ4n) is 5.08. The number of nitrogens with zero attached hydrogens (tertiary/aromatic N) is 1. The molecular formula is C34H40N2O4. The van der Waals surface area contributed by atoms with E-state index in [1.54, 1.807) is 17.0 Å². The molecule has 1 amide bonds. The largest absolute Gasteiger partial charge is 0.872 e. The summed E-state index contributed by atoms with van der Waals surface area (Å²) >= 11 is 0. The SMILES string of the molecule is Cc1cc(OCc2ccccc2)ccc1/C([O-])=C1\C(=O)C(=O)N(CCC[NH+](C)C)C1c1ccc(C(C)(C)C)cc1. The van der Waals surface area contributed by atoms with Gasteiger partial charge in [0.1, 0.15) is 12.4 Å². The molecule has 0 aliphatic carbocycles. The maximum atomic E-state index is 14.0. The molecule has 0 saturated carbocycles. The summed E-state index contributed by atoms with van der Waals surface area (Å²) in [5.41, 5.74) is 4.03. The van der Waals surface area contributed by atoms with Crippen molar-refractivity contribution in [2.45, 2.75) is 52.2 Å². The summed E-state index contributed by atoms with van der Waals surface area (Å²) in [6.07, 6.45) is 0.728. The zero-order valence-corrected chi connectivity index (χ0v) is 24.4. The Kier molecular flexibility index (Phi) is 8.79. The van der Waals surface area contributed by atoms with Gasteiger partial charge in [-0.3, -0.25) is 9.59 Å². The highest BCUT2D eigenvalue weighted by molar-refractivity contribution is 6.46. The molecule has 4 rings (SSSR count). The molecule has 0 bridgehead atoms. The average Bonchev–Trinajstić information content (AvgIpc) is 3.16. The number of hydrogen-bond donors (Lipinski definition) is 1. The maximum Gasteiger partial charge on any atom is 0.295 e. The zero-order valence-electron chi connectivity index (χ0n) is 24.4. The van der Waals surface area contributed by atoms with E-state index in [1.807, 2.05) is 67.6 Å². The van der Waals surface area contributed by atoms with Crippen LogP contribution in [0.3, 0.4) is 0 Å². The molecule has 1 atom stereocenters. The number of rotatable bonds is 9. The van der Waals surface area contributed by atoms with Gasteiger partial charge < -0.3 is 19.6 Å². The average molecular weight is 541 g/mol. The van der Waals surface area contributed by atoms with Gasteiger partial charge in [0.25, 0.3) is 5.91 Å². The Morgan fingerprint density at radius 2 is 1.65 bits per heavy atom. The molecule has 1 saturated heterocycles. The first-order valence-electron chi connectivity index (χ1n) is 13.9. The summed E-state index contributed by atoms with van der Waals surface area (Å²) < 4.78 is 5.93. The van der Waals surface area contributed by atoms with E-state index in [0.29, 0.717) is 30.0 Å². The highest BCUT2D eigenvalue weighted by Gasteiger charge is 2.44. The zero-order chi connectivity index (χ0) is 29.0. The number of likely N-dealkylation sites (tertiary alicyclic amines) is 1. The number of carbonyl (C=O) groups excluding carboxylic acids is 2. The molecule has 1 aliphatic heterocycles. The van der Waals surface area contributed by atoms with Gasteiger partial charge in [-0.05, 0) is 52.3 Å². The molecule has 0 radical (unpaired) electrons. The summed E-state index contributed by atoms with van der Waals surface area (Å²) in [6.45, 7) is 9.90. The Bertz CT molecular complexity index is 1390. The topological polar surface area (TPSA) is 74.1 Å². The van der Waals surface area contributed by atoms with Gasteiger partial charge >= 0.3 is 0 Å². The third-order valence-electron chi connectivity index (χ3n) is 7.39. The molecule has 0 spiro atoms. The first-order valence-corrected chi connectivity index (χ1v) is 13.9. The molecule has 0 aromatic heterocycles. The van der Waals surface area contributed by atoms with Crippen LogP contribution in [0, 0.1) is 6.92 Å². The normalized spacial score (nSPS) is 17.1. The molecule has 1 fully saturated rings. The van der Waals surface area contributed by atoms with Crippen molar-refractivity contribution in [3.8, 4) is 5.75 Å². The van der Waals surface area contributed by atoms with Crippen LogP contribution in [0.1, 0.15) is 61.1 Å². The first-order chi connectivity index (χ1) is 19.0. The minimum absolute atomic E-state index is 0.0202. The summed E-state index contributed by atoms with van der Waals surface area (Å²) in [5, 5.41) is 14.0. The third-order valence-corrected chi connectivity index (χ3v) is 7.39. The van der Waals surface area contributed by atoms with Gasteiger partial charge in [0.05, 0.1) is 26.7 Å². The van der Waals surface area contributed by atoms with Crippen molar-refractivity contribution >= 4 is 17.4 Å². The Labute approximate surface area is 237 Å². The van der Waals surface area contributed by atoms with Gasteiger partial charge in [0, 0.05) is 18.5 Å². The van der Waals surface area contributed by atoms with Crippen molar-refractivity contribution in [1.29, 1.82) is 0 Å². The number of Topliss-reactive ketones (excluding diaryl/α,β-unsaturated/α-hetero) is 1. The van der Waals surface area contributed by atoms with E-state index in [9.17, 15) is 14.7 Å². The standard InChI is InChI=1S/C34H40N2O4/c1-23-21-27(40-22-24-11-8-7-9-12-24)17-18-28(23)31(37)29-30(25-13-15-26(16-14-25)34(2,3)4)36(33(39)32(29)38)20-10-19-35(5)6/h7-9,11-18,21,30,37H,10,19-20,22H2,1-6H3/b31-29+. The lowest BCUT2D eigenvalue weighted by molar-refractivity contribution is -0.858. The lowest BCUT2D eigenvalue weighted by Crippen LogP contribution is -3.05. The van der Waals surface area contributed by atoms with Crippen molar-refractivity contribution in [2.24, 2.45) is 0 Å². The van der Waals surface area contributed by atoms with Crippen molar-refractivity contribution in [3.05, 3.63) is 106 Å². The highest BCUT2D eigenvalue weighted by atomic mass is 16.5. The fraction of sp³-hybridized carbons (Fsp3) is 0.353. The van der Waals surface area contributed by atoms with Crippen molar-refractivity contribution in [2.75, 3.05) is 27.2 Å². The second-order valence-corrected chi connectivity index (χ2v) is 11.9. The maximum absolute atomic E-state index is 14.0. The van der Waals surface area contributed by atoms with E-state index in [-0.39, 0.29) is 11.0 Å². The number of amides is 1. The third kappa shape index (κ3) is 6.45. The second-order valence-electron chi connectivity index (χ2n) is 11.9. The van der Waals surface area contributed by atoms with Crippen LogP contribution in [0.25, 0.3) is 5.76 Å². The molecule has 210 valence electrons. The van der Waals surface area contributed by atoms with E-state index in [4.69, 9.17) is 4.74 Å². The molecule has 40 heavy (non-hydrogen) atoms. The second kappa shape index (κ2) is 12.1. The van der Waals surface area contributed by atoms with Crippen LogP contribution in [0.5, 0.6) is 5.75 Å². The van der Waals surface area contributed by atoms with Crippen LogP contribution in [0.4, 0.5) is 0 Å². The number of carbonyl (C=O) groups is 2. The minimum Gasteiger partial charge on any atom is -0.872 e. The van der Waals surface area contributed by atoms with Gasteiger partial charge in [-0.1, -0.05) is 87.2 Å². The fourth-order valence-corrected chi connectivity index (χ4v) is 5.08. The van der Waals surface area contributed by atoms with Crippen LogP contribution >= 0.6 is 0 Å². The number of hydrogen-bond acceptors (Lipinski definition) is 4. The molecule has 3 aromatic carbocycles. The van der Waals surface area contributed by atoms with Crippen LogP contribution in [-0.2, 0) is 21.6 Å². The van der Waals surface area contributed by atoms with E-state index in [0.717, 1.165) is 29.7 Å². The summed E-state index contributed by atoms with van der Waals surface area (Å²) in [7, 11) is 4.10. The van der Waals surface area contributed by atoms with E-state index in [2.05, 4.69) is 34.9 Å². The molecule has 6 heteroatoms. The Morgan fingerprint density at radius 1 is 0.975 bits per heavy atom. The number of ether oxygens (including phenoxy) is 1. The molecule has 1 N–H and O–H groups in total. The predicted octanol–water partition coefficient (Wildman–Crippen LogP) is 3.63. The smallest absolute Gasteiger partial charge is 0.295 e. The van der Waals surface area contributed by atoms with E-state index < -0.39 is 23.5 Å². The van der Waals surface area contributed by atoms with Crippen molar-refractivity contribution < 1.29 is 24.3 Å². The minimum atomic E-state index is -0.716. The van der Waals surface area contributed by atoms with Crippen molar-refractivity contribution in [1.82, 2.24) is 4.90 Å². The predicted molar refractivity (Wildman–Crippen MR) is 156 cm³/mol. The van der Waals surface area contributed by atoms with Gasteiger partial charge in [-0.2, -0.15) is 0 Å². The quantitative estimate of drug-likeness (QED) is 0.256. The Balaban J connectivity index is 1.70. The first kappa shape index (κ1) is 29.1. The lowest BCUT2D eigenvalue weighted by Gasteiger charge is -2.29. The molecule has 1 unspecified atom stereocenters. The van der Waals surface area contributed by atoms with Gasteiger partial charge in [-0.25, -0.2) is 0 Å². The molecule has 6 nitrogen and oxygen atoms in total. The number of benzene rings is 3. The van der Waals surface area contributed by atoms with Crippen LogP contribution in [0.2, 0.25) is 0 Å². The number of aryl methyl sites for hydroxylation is 1. The van der Waals surface area contributed by atoms with E-state index in [1.165, 1.54) is 4.90 Å². The van der Waals surface area contributed by atoms with Crippen LogP contribution < -0.4 is 14.7 Å². The number of nitrogens with one attached hydrogen (secondary N) is 1. The van der Waals surface area contributed by atoms with Crippen LogP contribution in [0.15, 0.2) is 78.4 Å². The monoisotopic (exact) mass is 540 g/mol. The molecule has 1 heterocycles. The van der Waals surface area contributed by atoms with E-state index >= 15 is 0 Å². The molecular weight excluding hydrogens is 500 g/mol. The Morgan fingerprint density at radius 3 is 2.25 bits per heavy atom. The Hall–Kier alpha value is -3.90. The molecule has 3 aromatic rings. The van der Waals surface area contributed by atoms with Crippen LogP contribution in [-0.4, -0.2) is 43.8 Å². The van der Waals surface area contributed by atoms with Crippen molar-refractivity contribution in [3.63, 3.8) is 0 Å². The summed E-state index contributed by atoms with van der Waals surface area (Å²) in [6, 6.07) is 22.3. The summed E-state index contributed by atoms with van der Waals surface area (Å²) in [4.78, 5) is 29.5. The number of quaternary nitrogens is 1. The van der Waals surface area contributed by atoms with Gasteiger partial charge in [0.15, 0.2) is 0 Å². The molecule has 1 aliphatic rings.